The topological polar surface area (TPSA) is 40.2 Å². The minimum Gasteiger partial charge on any atom is -0.382 e. The molecule has 0 aromatic carbocycles. The third kappa shape index (κ3) is 18.0. The summed E-state index contributed by atoms with van der Waals surface area (Å²) in [5.41, 5.74) is 0. The Morgan fingerprint density at radius 2 is 1.09 bits per heavy atom. The van der Waals surface area contributed by atoms with E-state index in [1.165, 1.54) is 38.5 Å². The minimum absolute atomic E-state index is 0.664. The third-order valence-electron chi connectivity index (χ3n) is 3.80. The maximum absolute atomic E-state index is 5.58. The summed E-state index contributed by atoms with van der Waals surface area (Å²) in [6.45, 7) is 9.52. The summed E-state index contributed by atoms with van der Waals surface area (Å²) in [6, 6.07) is 0. The summed E-state index contributed by atoms with van der Waals surface area (Å²) in [6.07, 6.45) is 7.99. The van der Waals surface area contributed by atoms with Crippen LogP contribution in [-0.2, 0) is 18.9 Å². The largest absolute Gasteiger partial charge is 0.382 e. The Morgan fingerprint density at radius 3 is 1.61 bits per heavy atom. The molecular weight excluding hydrogens is 294 g/mol. The Hall–Kier alpha value is -0.200. The summed E-state index contributed by atoms with van der Waals surface area (Å²) in [5.74, 6) is 0. The van der Waals surface area contributed by atoms with Gasteiger partial charge in [0.25, 0.3) is 0 Å². The van der Waals surface area contributed by atoms with Crippen molar-refractivity contribution < 1.29 is 18.9 Å². The predicted octanol–water partition coefficient (Wildman–Crippen LogP) is 2.97. The van der Waals surface area contributed by atoms with Crippen molar-refractivity contribution in [1.82, 2.24) is 4.90 Å². The van der Waals surface area contributed by atoms with Gasteiger partial charge >= 0.3 is 0 Å². The first-order chi connectivity index (χ1) is 11.3. The highest BCUT2D eigenvalue weighted by molar-refractivity contribution is 4.58. The molecule has 5 nitrogen and oxygen atoms in total. The summed E-state index contributed by atoms with van der Waals surface area (Å²) in [5, 5.41) is 0. The molecule has 0 N–H and O–H groups in total. The number of nitrogens with zero attached hydrogens (tertiary/aromatic N) is 1. The maximum Gasteiger partial charge on any atom is 0.0700 e. The Kier molecular flexibility index (Phi) is 19.7. The van der Waals surface area contributed by atoms with Crippen molar-refractivity contribution in [3.05, 3.63) is 0 Å². The molecule has 0 amide bonds. The van der Waals surface area contributed by atoms with Crippen LogP contribution in [0.15, 0.2) is 0 Å². The molecule has 0 aliphatic carbocycles. The standard InChI is InChI=1S/C18H39NO4/c1-4-5-6-7-8-9-10-19(11-13-22-17-15-20-2)12-14-23-18-16-21-3/h4-18H2,1-3H3. The van der Waals surface area contributed by atoms with Crippen molar-refractivity contribution in [3.8, 4) is 0 Å². The fraction of sp³-hybridized carbons (Fsp3) is 1.00. The normalized spacial score (nSPS) is 11.5. The molecule has 0 aromatic heterocycles. The zero-order valence-corrected chi connectivity index (χ0v) is 15.7. The highest BCUT2D eigenvalue weighted by Crippen LogP contribution is 2.06. The lowest BCUT2D eigenvalue weighted by Gasteiger charge is -2.22. The van der Waals surface area contributed by atoms with Crippen molar-refractivity contribution in [2.45, 2.75) is 45.4 Å². The molecule has 0 bridgehead atoms. The molecule has 0 radical (unpaired) electrons. The first kappa shape index (κ1) is 22.8. The van der Waals surface area contributed by atoms with Gasteiger partial charge in [0, 0.05) is 27.3 Å². The van der Waals surface area contributed by atoms with Crippen LogP contribution < -0.4 is 0 Å². The summed E-state index contributed by atoms with van der Waals surface area (Å²) in [4.78, 5) is 2.44. The Labute approximate surface area is 143 Å². The van der Waals surface area contributed by atoms with E-state index in [1.54, 1.807) is 14.2 Å². The lowest BCUT2D eigenvalue weighted by molar-refractivity contribution is 0.0379. The van der Waals surface area contributed by atoms with Crippen molar-refractivity contribution >= 4 is 0 Å². The van der Waals surface area contributed by atoms with E-state index >= 15 is 0 Å². The van der Waals surface area contributed by atoms with Crippen LogP contribution in [0.25, 0.3) is 0 Å². The lowest BCUT2D eigenvalue weighted by Crippen LogP contribution is -2.32. The number of rotatable bonds is 19. The molecule has 0 saturated heterocycles. The van der Waals surface area contributed by atoms with Gasteiger partial charge in [-0.3, -0.25) is 4.90 Å². The fourth-order valence-corrected chi connectivity index (χ4v) is 2.33. The van der Waals surface area contributed by atoms with E-state index in [0.29, 0.717) is 26.4 Å². The van der Waals surface area contributed by atoms with Crippen molar-refractivity contribution in [3.63, 3.8) is 0 Å². The van der Waals surface area contributed by atoms with Crippen LogP contribution in [0.3, 0.4) is 0 Å². The second kappa shape index (κ2) is 19.8. The quantitative estimate of drug-likeness (QED) is 0.340. The van der Waals surface area contributed by atoms with Gasteiger partial charge in [0.15, 0.2) is 0 Å². The highest BCUT2D eigenvalue weighted by atomic mass is 16.5. The van der Waals surface area contributed by atoms with Gasteiger partial charge in [-0.15, -0.1) is 0 Å². The molecular formula is C18H39NO4. The summed E-state index contributed by atoms with van der Waals surface area (Å²) in [7, 11) is 3.40. The SMILES string of the molecule is CCCCCCCCN(CCOCCOC)CCOCCOC. The molecule has 140 valence electrons. The Morgan fingerprint density at radius 1 is 0.565 bits per heavy atom. The first-order valence-electron chi connectivity index (χ1n) is 9.20. The predicted molar refractivity (Wildman–Crippen MR) is 95.2 cm³/mol. The van der Waals surface area contributed by atoms with Gasteiger partial charge in [-0.25, -0.2) is 0 Å². The average Bonchev–Trinajstić information content (AvgIpc) is 2.56. The zero-order chi connectivity index (χ0) is 17.0. The van der Waals surface area contributed by atoms with E-state index in [9.17, 15) is 0 Å². The van der Waals surface area contributed by atoms with E-state index in [0.717, 1.165) is 32.8 Å². The van der Waals surface area contributed by atoms with Gasteiger partial charge in [0.1, 0.15) is 0 Å². The zero-order valence-electron chi connectivity index (χ0n) is 15.7. The van der Waals surface area contributed by atoms with Crippen LogP contribution in [0.2, 0.25) is 0 Å². The maximum atomic E-state index is 5.58. The van der Waals surface area contributed by atoms with Crippen molar-refractivity contribution in [1.29, 1.82) is 0 Å². The highest BCUT2D eigenvalue weighted by Gasteiger charge is 2.05. The third-order valence-corrected chi connectivity index (χ3v) is 3.80. The smallest absolute Gasteiger partial charge is 0.0700 e. The number of ether oxygens (including phenoxy) is 4. The molecule has 0 aromatic rings. The number of methoxy groups -OCH3 is 2. The molecule has 0 fully saturated rings. The van der Waals surface area contributed by atoms with Crippen LogP contribution in [0.5, 0.6) is 0 Å². The van der Waals surface area contributed by atoms with Gasteiger partial charge in [-0.2, -0.15) is 0 Å². The lowest BCUT2D eigenvalue weighted by atomic mass is 10.1. The summed E-state index contributed by atoms with van der Waals surface area (Å²) < 4.78 is 21.1. The van der Waals surface area contributed by atoms with Gasteiger partial charge < -0.3 is 18.9 Å². The molecule has 5 heteroatoms. The fourth-order valence-electron chi connectivity index (χ4n) is 2.33. The minimum atomic E-state index is 0.664. The van der Waals surface area contributed by atoms with Crippen LogP contribution in [0.1, 0.15) is 45.4 Å². The number of hydrogen-bond donors (Lipinski definition) is 0. The second-order valence-electron chi connectivity index (χ2n) is 5.82. The molecule has 0 saturated carbocycles. The van der Waals surface area contributed by atoms with Gasteiger partial charge in [0.2, 0.25) is 0 Å². The monoisotopic (exact) mass is 333 g/mol. The molecule has 0 unspecified atom stereocenters. The second-order valence-corrected chi connectivity index (χ2v) is 5.82. The molecule has 23 heavy (non-hydrogen) atoms. The van der Waals surface area contributed by atoms with E-state index in [-0.39, 0.29) is 0 Å². The Bertz CT molecular complexity index is 203. The molecule has 0 aliphatic heterocycles. The number of unbranched alkanes of at least 4 members (excludes halogenated alkanes) is 5. The molecule has 0 spiro atoms. The van der Waals surface area contributed by atoms with Crippen molar-refractivity contribution in [2.24, 2.45) is 0 Å². The van der Waals surface area contributed by atoms with E-state index in [2.05, 4.69) is 11.8 Å². The van der Waals surface area contributed by atoms with E-state index in [4.69, 9.17) is 18.9 Å². The van der Waals surface area contributed by atoms with Gasteiger partial charge in [-0.05, 0) is 13.0 Å². The average molecular weight is 334 g/mol. The summed E-state index contributed by atoms with van der Waals surface area (Å²) >= 11 is 0. The molecule has 0 heterocycles. The number of hydrogen-bond acceptors (Lipinski definition) is 5. The molecule has 0 rings (SSSR count). The Balaban J connectivity index is 3.73. The van der Waals surface area contributed by atoms with E-state index in [1.807, 2.05) is 0 Å². The molecule has 0 aliphatic rings. The van der Waals surface area contributed by atoms with Gasteiger partial charge in [-0.1, -0.05) is 39.0 Å². The van der Waals surface area contributed by atoms with Crippen LogP contribution in [0, 0.1) is 0 Å². The molecule has 0 atom stereocenters. The van der Waals surface area contributed by atoms with Crippen molar-refractivity contribution in [2.75, 3.05) is 73.5 Å². The van der Waals surface area contributed by atoms with Crippen LogP contribution in [0.4, 0.5) is 0 Å². The first-order valence-corrected chi connectivity index (χ1v) is 9.20. The van der Waals surface area contributed by atoms with Crippen LogP contribution >= 0.6 is 0 Å². The van der Waals surface area contributed by atoms with E-state index < -0.39 is 0 Å². The van der Waals surface area contributed by atoms with Crippen LogP contribution in [-0.4, -0.2) is 78.4 Å². The van der Waals surface area contributed by atoms with Gasteiger partial charge in [0.05, 0.1) is 39.6 Å².